The molecule has 0 heterocycles. The number of methoxy groups -OCH3 is 1. The van der Waals surface area contributed by atoms with Crippen LogP contribution in [0, 0.1) is 0 Å². The smallest absolute Gasteiger partial charge is 0.223 e. The number of halogens is 1. The third-order valence-corrected chi connectivity index (χ3v) is 4.32. The van der Waals surface area contributed by atoms with E-state index in [1.54, 1.807) is 30.3 Å². The van der Waals surface area contributed by atoms with Crippen LogP contribution >= 0.6 is 11.6 Å². The Balaban J connectivity index is 1.93. The second-order valence-electron chi connectivity index (χ2n) is 6.46. The fraction of sp³-hybridized carbons (Fsp3) is 0.429. The molecule has 4 unspecified atom stereocenters. The van der Waals surface area contributed by atoms with E-state index in [1.165, 1.54) is 14.0 Å². The lowest BCUT2D eigenvalue weighted by atomic mass is 10.2. The summed E-state index contributed by atoms with van der Waals surface area (Å²) in [7, 11) is 1.53. The molecule has 0 fully saturated rings. The summed E-state index contributed by atoms with van der Waals surface area (Å²) in [6.07, 6.45) is -3.68. The molecule has 0 aliphatic heterocycles. The maximum atomic E-state index is 9.66. The summed E-state index contributed by atoms with van der Waals surface area (Å²) in [6.45, 7) is 1.86. The Hall–Kier alpha value is -1.87. The van der Waals surface area contributed by atoms with Gasteiger partial charge in [0.1, 0.15) is 30.3 Å². The van der Waals surface area contributed by atoms with Gasteiger partial charge in [-0.3, -0.25) is 0 Å². The quantitative estimate of drug-likeness (QED) is 0.354. The molecule has 0 spiro atoms. The van der Waals surface area contributed by atoms with Crippen LogP contribution in [0.3, 0.4) is 0 Å². The third kappa shape index (κ3) is 7.81. The lowest BCUT2D eigenvalue weighted by Crippen LogP contribution is -2.28. The topological polar surface area (TPSA) is 97.6 Å². The first kappa shape index (κ1) is 23.4. The molecule has 160 valence electrons. The van der Waals surface area contributed by atoms with Gasteiger partial charge < -0.3 is 34.3 Å². The number of aliphatic hydroxyl groups is 3. The Labute approximate surface area is 175 Å². The van der Waals surface area contributed by atoms with Crippen molar-refractivity contribution in [2.24, 2.45) is 0 Å². The SMILES string of the molecule is COC(OCc1ccc(OCC(O)CCl)cc1)c1cccc(OC(O)C(C)O)c1. The molecule has 0 aliphatic carbocycles. The molecule has 3 N–H and O–H groups in total. The van der Waals surface area contributed by atoms with Crippen LogP contribution in [-0.4, -0.2) is 53.4 Å². The number of alkyl halides is 1. The molecule has 0 amide bonds. The van der Waals surface area contributed by atoms with Crippen LogP contribution in [0.2, 0.25) is 0 Å². The molecule has 8 heteroatoms. The molecule has 4 atom stereocenters. The maximum absolute atomic E-state index is 9.66. The average molecular weight is 427 g/mol. The number of benzene rings is 2. The Morgan fingerprint density at radius 2 is 1.72 bits per heavy atom. The summed E-state index contributed by atoms with van der Waals surface area (Å²) >= 11 is 5.54. The zero-order valence-electron chi connectivity index (χ0n) is 16.4. The van der Waals surface area contributed by atoms with Crippen molar-refractivity contribution in [3.63, 3.8) is 0 Å². The highest BCUT2D eigenvalue weighted by atomic mass is 35.5. The van der Waals surface area contributed by atoms with Gasteiger partial charge in [0, 0.05) is 12.7 Å². The summed E-state index contributed by atoms with van der Waals surface area (Å²) in [6, 6.07) is 14.2. The van der Waals surface area contributed by atoms with E-state index in [9.17, 15) is 15.3 Å². The number of ether oxygens (including phenoxy) is 4. The van der Waals surface area contributed by atoms with Gasteiger partial charge in [0.25, 0.3) is 0 Å². The molecule has 2 aromatic rings. The lowest BCUT2D eigenvalue weighted by Gasteiger charge is -2.19. The minimum absolute atomic E-state index is 0.120. The first-order chi connectivity index (χ1) is 13.9. The van der Waals surface area contributed by atoms with Crippen molar-refractivity contribution in [2.45, 2.75) is 38.3 Å². The van der Waals surface area contributed by atoms with Crippen molar-refractivity contribution in [3.05, 3.63) is 59.7 Å². The molecule has 0 aliphatic rings. The predicted octanol–water partition coefficient (Wildman–Crippen LogP) is 2.60. The standard InChI is InChI=1S/C21H27ClO7/c1-14(23)20(25)29-19-5-3-4-16(10-19)21(26-2)28-12-15-6-8-18(9-7-15)27-13-17(24)11-22/h3-10,14,17,20-21,23-25H,11-13H2,1-2H3. The summed E-state index contributed by atoms with van der Waals surface area (Å²) in [5, 5.41) is 28.4. The zero-order valence-corrected chi connectivity index (χ0v) is 17.2. The first-order valence-corrected chi connectivity index (χ1v) is 9.69. The van der Waals surface area contributed by atoms with Crippen molar-refractivity contribution >= 4 is 11.6 Å². The molecule has 0 saturated heterocycles. The predicted molar refractivity (Wildman–Crippen MR) is 108 cm³/mol. The molecular weight excluding hydrogens is 400 g/mol. The van der Waals surface area contributed by atoms with E-state index in [-0.39, 0.29) is 12.5 Å². The fourth-order valence-corrected chi connectivity index (χ4v) is 2.45. The number of rotatable bonds is 12. The van der Waals surface area contributed by atoms with Crippen LogP contribution in [0.5, 0.6) is 11.5 Å². The Morgan fingerprint density at radius 3 is 2.34 bits per heavy atom. The molecule has 0 aromatic heterocycles. The first-order valence-electron chi connectivity index (χ1n) is 9.15. The van der Waals surface area contributed by atoms with Gasteiger partial charge in [-0.25, -0.2) is 0 Å². The second kappa shape index (κ2) is 12.0. The van der Waals surface area contributed by atoms with Crippen molar-refractivity contribution in [2.75, 3.05) is 19.6 Å². The summed E-state index contributed by atoms with van der Waals surface area (Å²) in [5.74, 6) is 1.14. The van der Waals surface area contributed by atoms with Crippen molar-refractivity contribution in [1.29, 1.82) is 0 Å². The largest absolute Gasteiger partial charge is 0.491 e. The van der Waals surface area contributed by atoms with Gasteiger partial charge in [-0.15, -0.1) is 11.6 Å². The second-order valence-corrected chi connectivity index (χ2v) is 6.77. The lowest BCUT2D eigenvalue weighted by molar-refractivity contribution is -0.136. The van der Waals surface area contributed by atoms with Crippen LogP contribution in [0.15, 0.2) is 48.5 Å². The fourth-order valence-electron chi connectivity index (χ4n) is 2.36. The number of hydrogen-bond donors (Lipinski definition) is 3. The van der Waals surface area contributed by atoms with E-state index >= 15 is 0 Å². The average Bonchev–Trinajstić information content (AvgIpc) is 2.73. The van der Waals surface area contributed by atoms with Gasteiger partial charge in [0.05, 0.1) is 12.5 Å². The van der Waals surface area contributed by atoms with E-state index in [0.29, 0.717) is 23.7 Å². The van der Waals surface area contributed by atoms with Gasteiger partial charge >= 0.3 is 0 Å². The molecule has 0 saturated carbocycles. The third-order valence-electron chi connectivity index (χ3n) is 3.96. The Bertz CT molecular complexity index is 723. The minimum atomic E-state index is -1.32. The highest BCUT2D eigenvalue weighted by Gasteiger charge is 2.16. The molecule has 0 bridgehead atoms. The van der Waals surface area contributed by atoms with Crippen LogP contribution in [0.25, 0.3) is 0 Å². The molecule has 7 nitrogen and oxygen atoms in total. The highest BCUT2D eigenvalue weighted by Crippen LogP contribution is 2.25. The van der Waals surface area contributed by atoms with Gasteiger partial charge in [0.2, 0.25) is 6.29 Å². The van der Waals surface area contributed by atoms with E-state index in [2.05, 4.69) is 0 Å². The summed E-state index contributed by atoms with van der Waals surface area (Å²) in [5.41, 5.74) is 1.62. The molecule has 0 radical (unpaired) electrons. The van der Waals surface area contributed by atoms with E-state index in [0.717, 1.165) is 5.56 Å². The van der Waals surface area contributed by atoms with Crippen LogP contribution in [-0.2, 0) is 16.1 Å². The Morgan fingerprint density at radius 1 is 1.00 bits per heavy atom. The van der Waals surface area contributed by atoms with Gasteiger partial charge in [0.15, 0.2) is 6.29 Å². The molecular formula is C21H27ClO7. The maximum Gasteiger partial charge on any atom is 0.223 e. The Kier molecular flexibility index (Phi) is 9.66. The van der Waals surface area contributed by atoms with Crippen molar-refractivity contribution < 1.29 is 34.3 Å². The number of hydrogen-bond acceptors (Lipinski definition) is 7. The van der Waals surface area contributed by atoms with Crippen LogP contribution in [0.1, 0.15) is 24.3 Å². The number of aliphatic hydroxyl groups excluding tert-OH is 3. The minimum Gasteiger partial charge on any atom is -0.491 e. The van der Waals surface area contributed by atoms with E-state index < -0.39 is 24.8 Å². The van der Waals surface area contributed by atoms with E-state index in [1.807, 2.05) is 18.2 Å². The summed E-state index contributed by atoms with van der Waals surface area (Å²) in [4.78, 5) is 0. The highest BCUT2D eigenvalue weighted by molar-refractivity contribution is 6.18. The van der Waals surface area contributed by atoms with Crippen LogP contribution in [0.4, 0.5) is 0 Å². The van der Waals surface area contributed by atoms with E-state index in [4.69, 9.17) is 30.5 Å². The van der Waals surface area contributed by atoms with Gasteiger partial charge in [-0.2, -0.15) is 0 Å². The van der Waals surface area contributed by atoms with Gasteiger partial charge in [-0.1, -0.05) is 24.3 Å². The zero-order chi connectivity index (χ0) is 21.2. The molecule has 29 heavy (non-hydrogen) atoms. The normalized spacial score (nSPS) is 15.4. The van der Waals surface area contributed by atoms with Crippen molar-refractivity contribution in [3.8, 4) is 11.5 Å². The summed E-state index contributed by atoms with van der Waals surface area (Å²) < 4.78 is 22.0. The molecule has 2 rings (SSSR count). The van der Waals surface area contributed by atoms with Crippen LogP contribution < -0.4 is 9.47 Å². The molecule has 2 aromatic carbocycles. The van der Waals surface area contributed by atoms with Crippen molar-refractivity contribution in [1.82, 2.24) is 0 Å². The van der Waals surface area contributed by atoms with Gasteiger partial charge in [-0.05, 0) is 36.8 Å². The monoisotopic (exact) mass is 426 g/mol.